The maximum Gasteiger partial charge on any atom is 0.274 e. The third-order valence-corrected chi connectivity index (χ3v) is 5.51. The van der Waals surface area contributed by atoms with Gasteiger partial charge in [-0.25, -0.2) is 10.5 Å². The minimum Gasteiger partial charge on any atom is -0.365 e. The van der Waals surface area contributed by atoms with Gasteiger partial charge in [0.15, 0.2) is 0 Å². The number of carbonyl (C=O) groups is 2. The first-order valence-electron chi connectivity index (χ1n) is 10.7. The average molecular weight is 439 g/mol. The topological polar surface area (TPSA) is 117 Å². The molecule has 2 amide bonds. The van der Waals surface area contributed by atoms with Crippen molar-refractivity contribution in [2.45, 2.75) is 51.6 Å². The molecule has 0 saturated heterocycles. The van der Waals surface area contributed by atoms with Gasteiger partial charge in [0.2, 0.25) is 11.9 Å². The van der Waals surface area contributed by atoms with Gasteiger partial charge in [0.1, 0.15) is 5.82 Å². The van der Waals surface area contributed by atoms with E-state index in [1.165, 1.54) is 13.2 Å². The fourth-order valence-electron chi connectivity index (χ4n) is 3.71. The predicted octanol–water partition coefficient (Wildman–Crippen LogP) is 3.15. The van der Waals surface area contributed by atoms with Crippen LogP contribution in [-0.2, 0) is 9.63 Å². The normalized spacial score (nSPS) is 17.8. The summed E-state index contributed by atoms with van der Waals surface area (Å²) in [6, 6.07) is 5.37. The molecule has 1 aliphatic rings. The van der Waals surface area contributed by atoms with Crippen LogP contribution < -0.4 is 21.4 Å². The Balaban J connectivity index is 1.78. The van der Waals surface area contributed by atoms with Crippen molar-refractivity contribution in [2.75, 3.05) is 17.7 Å². The highest BCUT2D eigenvalue weighted by atomic mass is 16.6. The number of carbonyl (C=O) groups excluding carboxylic acids is 2. The van der Waals surface area contributed by atoms with Crippen LogP contribution in [0.2, 0.25) is 0 Å². The number of anilines is 3. The number of nitrogens with one attached hydrogen (secondary N) is 4. The summed E-state index contributed by atoms with van der Waals surface area (Å²) in [4.78, 5) is 37.6. The molecule has 1 aromatic heterocycles. The lowest BCUT2D eigenvalue weighted by molar-refractivity contribution is -0.117. The van der Waals surface area contributed by atoms with E-state index in [0.717, 1.165) is 42.5 Å². The Morgan fingerprint density at radius 2 is 1.91 bits per heavy atom. The molecule has 2 aromatic rings. The summed E-state index contributed by atoms with van der Waals surface area (Å²) in [5, 5.41) is 9.72. The molecule has 0 aliphatic heterocycles. The summed E-state index contributed by atoms with van der Waals surface area (Å²) in [7, 11) is 1.39. The summed E-state index contributed by atoms with van der Waals surface area (Å²) in [5.41, 5.74) is 5.33. The quantitative estimate of drug-likeness (QED) is 0.369. The standard InChI is InChI=1S/C23H30N6O3/c1-5-20(30)25-17-8-6-7-9-18(17)26-21-15(3)13-24-23(28-21)27-19-12-16(11-10-14(19)2)22(31)29-32-4/h5,10-13,17-18H,1,6-9H2,2-4H3,(H,25,30)(H,29,31)(H2,24,26,27,28). The molecule has 2 atom stereocenters. The molecule has 0 spiro atoms. The molecule has 4 N–H and O–H groups in total. The lowest BCUT2D eigenvalue weighted by Crippen LogP contribution is -2.48. The molecular formula is C23H30N6O3. The molecular weight excluding hydrogens is 408 g/mol. The van der Waals surface area contributed by atoms with Gasteiger partial charge >= 0.3 is 0 Å². The molecule has 32 heavy (non-hydrogen) atoms. The maximum atomic E-state index is 12.1. The lowest BCUT2D eigenvalue weighted by atomic mass is 9.90. The molecule has 9 nitrogen and oxygen atoms in total. The third kappa shape index (κ3) is 5.82. The van der Waals surface area contributed by atoms with Crippen molar-refractivity contribution in [3.63, 3.8) is 0 Å². The van der Waals surface area contributed by atoms with Crippen LogP contribution in [0.1, 0.15) is 47.2 Å². The zero-order valence-electron chi connectivity index (χ0n) is 18.7. The van der Waals surface area contributed by atoms with Gasteiger partial charge in [-0.2, -0.15) is 4.98 Å². The molecule has 1 saturated carbocycles. The van der Waals surface area contributed by atoms with Crippen molar-refractivity contribution >= 4 is 29.3 Å². The summed E-state index contributed by atoms with van der Waals surface area (Å²) in [5.74, 6) is 0.608. The van der Waals surface area contributed by atoms with Gasteiger partial charge in [-0.3, -0.25) is 14.4 Å². The van der Waals surface area contributed by atoms with E-state index in [4.69, 9.17) is 4.84 Å². The van der Waals surface area contributed by atoms with Crippen LogP contribution in [0.4, 0.5) is 17.5 Å². The number of benzene rings is 1. The number of aromatic nitrogens is 2. The van der Waals surface area contributed by atoms with E-state index < -0.39 is 0 Å². The number of nitrogens with zero attached hydrogens (tertiary/aromatic N) is 2. The molecule has 170 valence electrons. The van der Waals surface area contributed by atoms with Crippen LogP contribution >= 0.6 is 0 Å². The van der Waals surface area contributed by atoms with Crippen molar-refractivity contribution in [1.29, 1.82) is 0 Å². The van der Waals surface area contributed by atoms with Gasteiger partial charge in [0.05, 0.1) is 7.11 Å². The molecule has 0 radical (unpaired) electrons. The van der Waals surface area contributed by atoms with E-state index in [-0.39, 0.29) is 23.9 Å². The molecule has 1 fully saturated rings. The van der Waals surface area contributed by atoms with Crippen LogP contribution in [0.3, 0.4) is 0 Å². The first-order valence-corrected chi connectivity index (χ1v) is 10.7. The summed E-state index contributed by atoms with van der Waals surface area (Å²) in [6.45, 7) is 7.41. The first kappa shape index (κ1) is 23.2. The van der Waals surface area contributed by atoms with Crippen molar-refractivity contribution in [3.05, 3.63) is 53.7 Å². The fourth-order valence-corrected chi connectivity index (χ4v) is 3.71. The van der Waals surface area contributed by atoms with Gasteiger partial charge in [0, 0.05) is 35.1 Å². The molecule has 1 aliphatic carbocycles. The molecule has 1 heterocycles. The Labute approximate surface area is 188 Å². The van der Waals surface area contributed by atoms with Gasteiger partial charge in [-0.05, 0) is 50.5 Å². The van der Waals surface area contributed by atoms with Gasteiger partial charge in [-0.1, -0.05) is 25.5 Å². The number of hydrogen-bond donors (Lipinski definition) is 4. The van der Waals surface area contributed by atoms with E-state index in [2.05, 4.69) is 38.0 Å². The van der Waals surface area contributed by atoms with E-state index in [1.54, 1.807) is 18.3 Å². The monoisotopic (exact) mass is 438 g/mol. The van der Waals surface area contributed by atoms with E-state index >= 15 is 0 Å². The predicted molar refractivity (Wildman–Crippen MR) is 124 cm³/mol. The highest BCUT2D eigenvalue weighted by Gasteiger charge is 2.26. The molecule has 3 rings (SSSR count). The van der Waals surface area contributed by atoms with Crippen molar-refractivity contribution in [2.24, 2.45) is 0 Å². The van der Waals surface area contributed by atoms with Crippen LogP contribution in [0.15, 0.2) is 37.1 Å². The fraction of sp³-hybridized carbons (Fsp3) is 0.391. The average Bonchev–Trinajstić information content (AvgIpc) is 2.78. The minimum atomic E-state index is -0.340. The van der Waals surface area contributed by atoms with Crippen molar-refractivity contribution < 1.29 is 14.4 Å². The SMILES string of the molecule is C=CC(=O)NC1CCCCC1Nc1nc(Nc2cc(C(=O)NOC)ccc2C)ncc1C. The Morgan fingerprint density at radius 3 is 2.62 bits per heavy atom. The number of hydroxylamine groups is 1. The summed E-state index contributed by atoms with van der Waals surface area (Å²) >= 11 is 0. The minimum absolute atomic E-state index is 0.0123. The Hall–Kier alpha value is -3.46. The molecule has 0 bridgehead atoms. The van der Waals surface area contributed by atoms with E-state index in [1.807, 2.05) is 19.9 Å². The number of rotatable bonds is 8. The second-order valence-corrected chi connectivity index (χ2v) is 7.87. The Bertz CT molecular complexity index is 994. The Kier molecular flexibility index (Phi) is 7.77. The number of hydrogen-bond acceptors (Lipinski definition) is 7. The smallest absolute Gasteiger partial charge is 0.274 e. The third-order valence-electron chi connectivity index (χ3n) is 5.51. The molecule has 9 heteroatoms. The first-order chi connectivity index (χ1) is 15.4. The lowest BCUT2D eigenvalue weighted by Gasteiger charge is -2.33. The van der Waals surface area contributed by atoms with Crippen LogP contribution in [0, 0.1) is 13.8 Å². The molecule has 2 unspecified atom stereocenters. The van der Waals surface area contributed by atoms with Gasteiger partial charge < -0.3 is 16.0 Å². The number of aryl methyl sites for hydroxylation is 2. The van der Waals surface area contributed by atoms with Crippen molar-refractivity contribution in [3.8, 4) is 0 Å². The summed E-state index contributed by atoms with van der Waals surface area (Å²) in [6.07, 6.45) is 7.04. The van der Waals surface area contributed by atoms with Crippen LogP contribution in [0.25, 0.3) is 0 Å². The molecule has 1 aromatic carbocycles. The largest absolute Gasteiger partial charge is 0.365 e. The van der Waals surface area contributed by atoms with Gasteiger partial charge in [-0.15, -0.1) is 0 Å². The zero-order chi connectivity index (χ0) is 23.1. The van der Waals surface area contributed by atoms with E-state index in [9.17, 15) is 9.59 Å². The van der Waals surface area contributed by atoms with Crippen molar-refractivity contribution in [1.82, 2.24) is 20.8 Å². The van der Waals surface area contributed by atoms with E-state index in [0.29, 0.717) is 17.3 Å². The zero-order valence-corrected chi connectivity index (χ0v) is 18.7. The van der Waals surface area contributed by atoms with Crippen LogP contribution in [-0.4, -0.2) is 41.0 Å². The van der Waals surface area contributed by atoms with Gasteiger partial charge in [0.25, 0.3) is 5.91 Å². The highest BCUT2D eigenvalue weighted by molar-refractivity contribution is 5.94. The Morgan fingerprint density at radius 1 is 1.16 bits per heavy atom. The maximum absolute atomic E-state index is 12.1. The second-order valence-electron chi connectivity index (χ2n) is 7.87. The van der Waals surface area contributed by atoms with Crippen LogP contribution in [0.5, 0.6) is 0 Å². The second kappa shape index (κ2) is 10.7. The summed E-state index contributed by atoms with van der Waals surface area (Å²) < 4.78 is 0. The number of amides is 2. The highest BCUT2D eigenvalue weighted by Crippen LogP contribution is 2.25.